The van der Waals surface area contributed by atoms with Gasteiger partial charge in [0.05, 0.1) is 35.9 Å². The van der Waals surface area contributed by atoms with Crippen LogP contribution in [0.25, 0.3) is 33.6 Å². The standard InChI is InChI=1S/C55H50N12O6/c1-3-20-66(54(70)48(33-11-6-4-7-12-33)64-52(68)39-16-18-56-30-60-39)32(2)50-58-26-41(62-50)35-22-37-28-73-45-25-36(23-38-29-72-44(24-35)46(37)47(38)45)42-27-59-51(63-42)43-15-10-21-67(43)55(71)49(34-13-8-5-9-14-34)65-53(69)40-17-19-57-31-61-40/h4-9,11-14,16-19,22-27,30-32,43,48-49H,3,10,15,20-21,28-29H2,1-2H3,(H,58,62)(H,59,63)(H,64,68)(H,65,69)/t32-,43-,48+,49+/m0/s1. The molecule has 73 heavy (non-hydrogen) atoms. The maximum absolute atomic E-state index is 14.5. The zero-order valence-electron chi connectivity index (χ0n) is 40.0. The van der Waals surface area contributed by atoms with E-state index < -0.39 is 29.9 Å². The Kier molecular flexibility index (Phi) is 12.7. The molecule has 4 aromatic heterocycles. The number of rotatable bonds is 15. The third-order valence-corrected chi connectivity index (χ3v) is 13.6. The van der Waals surface area contributed by atoms with E-state index in [1.165, 1.54) is 37.2 Å². The number of H-pyrrole nitrogens is 2. The monoisotopic (exact) mass is 974 g/mol. The Labute approximate surface area is 419 Å². The Morgan fingerprint density at radius 1 is 0.712 bits per heavy atom. The Morgan fingerprint density at radius 3 is 1.85 bits per heavy atom. The molecule has 8 aromatic rings. The predicted octanol–water partition coefficient (Wildman–Crippen LogP) is 7.80. The van der Waals surface area contributed by atoms with Crippen molar-refractivity contribution >= 4 is 23.6 Å². The first-order valence-electron chi connectivity index (χ1n) is 24.3. The number of nitrogens with zero attached hydrogens (tertiary/aromatic N) is 8. The molecule has 18 nitrogen and oxygen atoms in total. The summed E-state index contributed by atoms with van der Waals surface area (Å²) in [5.74, 6) is 1.23. The first kappa shape index (κ1) is 46.3. The number of aromatic amines is 2. The van der Waals surface area contributed by atoms with Crippen molar-refractivity contribution in [2.24, 2.45) is 0 Å². The van der Waals surface area contributed by atoms with E-state index >= 15 is 0 Å². The number of hydrogen-bond acceptors (Lipinski definition) is 12. The SMILES string of the molecule is CCCN(C(=O)[C@H](NC(=O)c1ccncn1)c1ccccc1)[C@@H](C)c1ncc(-c2cc3c4c(c2)OCc2cc(-c5cnc([C@@H]6CCCN6C(=O)[C@H](NC(=O)c6ccncn6)c6ccccc6)[nH]5)cc(c2-4)OC3)[nH]1. The third-order valence-electron chi connectivity index (χ3n) is 13.6. The van der Waals surface area contributed by atoms with Crippen molar-refractivity contribution in [3.8, 4) is 45.1 Å². The highest BCUT2D eigenvalue weighted by molar-refractivity contribution is 5.97. The fourth-order valence-corrected chi connectivity index (χ4v) is 10.00. The smallest absolute Gasteiger partial charge is 0.270 e. The highest BCUT2D eigenvalue weighted by atomic mass is 16.5. The van der Waals surface area contributed by atoms with Crippen LogP contribution in [0, 0.1) is 0 Å². The van der Waals surface area contributed by atoms with Gasteiger partial charge in [-0.2, -0.15) is 0 Å². The normalized spacial score (nSPS) is 15.5. The van der Waals surface area contributed by atoms with E-state index in [9.17, 15) is 19.2 Å². The van der Waals surface area contributed by atoms with E-state index in [4.69, 9.17) is 19.4 Å². The van der Waals surface area contributed by atoms with Gasteiger partial charge in [-0.1, -0.05) is 67.6 Å². The quantitative estimate of drug-likeness (QED) is 0.0772. The summed E-state index contributed by atoms with van der Waals surface area (Å²) >= 11 is 0. The summed E-state index contributed by atoms with van der Waals surface area (Å²) in [6.45, 7) is 5.47. The summed E-state index contributed by atoms with van der Waals surface area (Å²) in [5, 5.41) is 5.84. The number of ether oxygens (including phenoxy) is 2. The highest BCUT2D eigenvalue weighted by Crippen LogP contribution is 2.51. The molecular weight excluding hydrogens is 925 g/mol. The number of imidazole rings is 2. The molecule has 7 heterocycles. The zero-order chi connectivity index (χ0) is 50.0. The van der Waals surface area contributed by atoms with Gasteiger partial charge in [0.25, 0.3) is 11.8 Å². The van der Waals surface area contributed by atoms with Crippen molar-refractivity contribution < 1.29 is 28.7 Å². The van der Waals surface area contributed by atoms with Gasteiger partial charge in [0, 0.05) is 58.9 Å². The molecule has 1 fully saturated rings. The minimum atomic E-state index is -0.974. The van der Waals surface area contributed by atoms with Crippen LogP contribution in [0.3, 0.4) is 0 Å². The topological polar surface area (TPSA) is 226 Å². The second-order valence-electron chi connectivity index (χ2n) is 18.2. The highest BCUT2D eigenvalue weighted by Gasteiger charge is 2.38. The van der Waals surface area contributed by atoms with Crippen molar-refractivity contribution in [3.63, 3.8) is 0 Å². The maximum atomic E-state index is 14.5. The van der Waals surface area contributed by atoms with Gasteiger partial charge < -0.3 is 39.9 Å². The first-order valence-corrected chi connectivity index (χ1v) is 24.3. The van der Waals surface area contributed by atoms with E-state index in [1.807, 2.05) is 86.6 Å². The summed E-state index contributed by atoms with van der Waals surface area (Å²) in [4.78, 5) is 91.7. The first-order chi connectivity index (χ1) is 35.7. The van der Waals surface area contributed by atoms with Crippen LogP contribution >= 0.6 is 0 Å². The second kappa shape index (κ2) is 20.0. The molecule has 4 aromatic carbocycles. The number of benzene rings is 4. The largest absolute Gasteiger partial charge is 0.488 e. The van der Waals surface area contributed by atoms with E-state index in [1.54, 1.807) is 22.2 Å². The predicted molar refractivity (Wildman–Crippen MR) is 267 cm³/mol. The lowest BCUT2D eigenvalue weighted by Gasteiger charge is -2.32. The minimum Gasteiger partial charge on any atom is -0.488 e. The number of aromatic nitrogens is 8. The van der Waals surface area contributed by atoms with Crippen LogP contribution in [-0.2, 0) is 22.8 Å². The molecule has 0 spiro atoms. The van der Waals surface area contributed by atoms with Crippen LogP contribution in [-0.4, -0.2) is 86.4 Å². The van der Waals surface area contributed by atoms with Gasteiger partial charge in [-0.05, 0) is 73.7 Å². The molecule has 18 heteroatoms. The number of nitrogens with one attached hydrogen (secondary N) is 4. The molecule has 366 valence electrons. The van der Waals surface area contributed by atoms with Crippen molar-refractivity contribution in [2.75, 3.05) is 13.1 Å². The molecule has 0 saturated carbocycles. The molecule has 0 unspecified atom stereocenters. The summed E-state index contributed by atoms with van der Waals surface area (Å²) in [6.07, 6.45) is 11.3. The maximum Gasteiger partial charge on any atom is 0.270 e. The van der Waals surface area contributed by atoms with Gasteiger partial charge in [0.15, 0.2) is 0 Å². The minimum absolute atomic E-state index is 0.157. The Balaban J connectivity index is 0.817. The number of hydrogen-bond donors (Lipinski definition) is 4. The number of carbonyl (C=O) groups is 4. The van der Waals surface area contributed by atoms with Crippen LogP contribution in [0.4, 0.5) is 0 Å². The number of amides is 4. The Morgan fingerprint density at radius 2 is 1.27 bits per heavy atom. The molecule has 0 aliphatic carbocycles. The zero-order valence-corrected chi connectivity index (χ0v) is 40.0. The lowest BCUT2D eigenvalue weighted by atomic mass is 9.87. The van der Waals surface area contributed by atoms with Gasteiger partial charge >= 0.3 is 0 Å². The summed E-state index contributed by atoms with van der Waals surface area (Å²) in [6, 6.07) is 26.9. The molecule has 0 bridgehead atoms. The molecule has 11 rings (SSSR count). The van der Waals surface area contributed by atoms with Crippen LogP contribution in [0.1, 0.15) is 112 Å². The number of likely N-dealkylation sites (tertiary alicyclic amines) is 1. The Hall–Kier alpha value is -9.06. The van der Waals surface area contributed by atoms with Crippen molar-refractivity contribution in [1.29, 1.82) is 0 Å². The van der Waals surface area contributed by atoms with Crippen molar-refractivity contribution in [3.05, 3.63) is 180 Å². The van der Waals surface area contributed by atoms with Gasteiger partial charge in [0.2, 0.25) is 11.8 Å². The molecular formula is C55H50N12O6. The lowest BCUT2D eigenvalue weighted by molar-refractivity contribution is -0.136. The molecule has 4 amide bonds. The number of carbonyl (C=O) groups excluding carboxylic acids is 4. The third kappa shape index (κ3) is 9.14. The summed E-state index contributed by atoms with van der Waals surface area (Å²) < 4.78 is 13.0. The van der Waals surface area contributed by atoms with E-state index in [2.05, 4.69) is 52.7 Å². The summed E-state index contributed by atoms with van der Waals surface area (Å²) in [7, 11) is 0. The molecule has 1 saturated heterocycles. The van der Waals surface area contributed by atoms with E-state index in [0.29, 0.717) is 61.9 Å². The molecule has 3 aliphatic heterocycles. The fourth-order valence-electron chi connectivity index (χ4n) is 10.00. The molecule has 3 aliphatic rings. The molecule has 0 radical (unpaired) electrons. The van der Waals surface area contributed by atoms with Gasteiger partial charge in [-0.15, -0.1) is 0 Å². The van der Waals surface area contributed by atoms with Crippen LogP contribution in [0.15, 0.2) is 135 Å². The van der Waals surface area contributed by atoms with Gasteiger partial charge in [0.1, 0.15) is 72.5 Å². The molecule has 4 N–H and O–H groups in total. The summed E-state index contributed by atoms with van der Waals surface area (Å²) in [5.41, 5.74) is 8.75. The van der Waals surface area contributed by atoms with Gasteiger partial charge in [-0.25, -0.2) is 29.9 Å². The lowest BCUT2D eigenvalue weighted by Crippen LogP contribution is -2.44. The van der Waals surface area contributed by atoms with Crippen LogP contribution < -0.4 is 20.1 Å². The molecule has 4 atom stereocenters. The van der Waals surface area contributed by atoms with E-state index in [0.717, 1.165) is 62.7 Å². The van der Waals surface area contributed by atoms with E-state index in [-0.39, 0.29) is 29.2 Å². The average molecular weight is 975 g/mol. The Bertz CT molecular complexity index is 3280. The van der Waals surface area contributed by atoms with Crippen LogP contribution in [0.5, 0.6) is 11.5 Å². The van der Waals surface area contributed by atoms with Gasteiger partial charge in [-0.3, -0.25) is 19.2 Å². The average Bonchev–Trinajstić information content (AvgIpc) is 4.26. The fraction of sp³-hybridized carbons (Fsp3) is 0.236. The van der Waals surface area contributed by atoms with Crippen molar-refractivity contribution in [1.82, 2.24) is 60.3 Å². The second-order valence-corrected chi connectivity index (χ2v) is 18.2. The van der Waals surface area contributed by atoms with Crippen molar-refractivity contribution in [2.45, 2.75) is 70.5 Å². The van der Waals surface area contributed by atoms with Crippen LogP contribution in [0.2, 0.25) is 0 Å².